The van der Waals surface area contributed by atoms with E-state index < -0.39 is 0 Å². The Morgan fingerprint density at radius 3 is 3.00 bits per heavy atom. The second-order valence-corrected chi connectivity index (χ2v) is 4.20. The minimum Gasteiger partial charge on any atom is -0.368 e. The molecule has 1 saturated heterocycles. The number of aryl methyl sites for hydroxylation is 2. The fourth-order valence-electron chi connectivity index (χ4n) is 2.03. The first kappa shape index (κ1) is 10.4. The van der Waals surface area contributed by atoms with Gasteiger partial charge in [0.15, 0.2) is 5.82 Å². The van der Waals surface area contributed by atoms with Crippen molar-refractivity contribution < 1.29 is 0 Å². The Bertz CT molecular complexity index is 294. The molecule has 2 rings (SSSR count). The molecule has 0 radical (unpaired) electrons. The third kappa shape index (κ3) is 2.68. The molecule has 0 aliphatic carbocycles. The lowest BCUT2D eigenvalue weighted by atomic mass is 10.0. The number of nitrogens with one attached hydrogen (secondary N) is 1. The quantitative estimate of drug-likeness (QED) is 0.759. The highest BCUT2D eigenvalue weighted by Gasteiger charge is 2.13. The summed E-state index contributed by atoms with van der Waals surface area (Å²) in [4.78, 5) is 4.20. The van der Waals surface area contributed by atoms with Crippen LogP contribution < -0.4 is 11.1 Å². The Labute approximate surface area is 90.1 Å². The lowest BCUT2D eigenvalue weighted by molar-refractivity contribution is 0.380. The van der Waals surface area contributed by atoms with E-state index in [2.05, 4.69) is 15.4 Å². The molecule has 0 aromatic carbocycles. The third-order valence-electron chi connectivity index (χ3n) is 2.97. The van der Waals surface area contributed by atoms with Crippen LogP contribution in [0.15, 0.2) is 0 Å². The summed E-state index contributed by atoms with van der Waals surface area (Å²) in [5.74, 6) is 1.36. The highest BCUT2D eigenvalue weighted by atomic mass is 15.4. The van der Waals surface area contributed by atoms with Crippen molar-refractivity contribution in [2.75, 3.05) is 12.3 Å². The standard InChI is InChI=1S/C10H19N5/c1-15-10(11)13-9(14-15)6-5-8-4-2-3-7-12-8/h8,12H,2-7H2,1H3,(H2,11,13,14). The first-order valence-corrected chi connectivity index (χ1v) is 5.64. The largest absolute Gasteiger partial charge is 0.368 e. The van der Waals surface area contributed by atoms with Crippen LogP contribution in [0.2, 0.25) is 0 Å². The minimum absolute atomic E-state index is 0.501. The molecular weight excluding hydrogens is 190 g/mol. The zero-order valence-corrected chi connectivity index (χ0v) is 9.24. The van der Waals surface area contributed by atoms with E-state index in [9.17, 15) is 0 Å². The molecule has 1 aromatic heterocycles. The van der Waals surface area contributed by atoms with E-state index in [0.717, 1.165) is 25.2 Å². The molecule has 15 heavy (non-hydrogen) atoms. The van der Waals surface area contributed by atoms with Gasteiger partial charge in [-0.15, -0.1) is 0 Å². The lowest BCUT2D eigenvalue weighted by Crippen LogP contribution is -2.34. The minimum atomic E-state index is 0.501. The molecule has 0 bridgehead atoms. The Kier molecular flexibility index (Phi) is 3.20. The molecule has 1 aliphatic rings. The molecule has 3 N–H and O–H groups in total. The summed E-state index contributed by atoms with van der Waals surface area (Å²) in [6, 6.07) is 0.642. The van der Waals surface area contributed by atoms with Crippen LogP contribution >= 0.6 is 0 Å². The van der Waals surface area contributed by atoms with Crippen molar-refractivity contribution >= 4 is 5.95 Å². The van der Waals surface area contributed by atoms with Crippen LogP contribution in [-0.2, 0) is 13.5 Å². The number of aromatic nitrogens is 3. The van der Waals surface area contributed by atoms with E-state index in [1.54, 1.807) is 4.68 Å². The van der Waals surface area contributed by atoms with E-state index in [0.29, 0.717) is 12.0 Å². The molecule has 0 spiro atoms. The van der Waals surface area contributed by atoms with Gasteiger partial charge in [-0.05, 0) is 25.8 Å². The number of anilines is 1. The van der Waals surface area contributed by atoms with Crippen molar-refractivity contribution in [3.63, 3.8) is 0 Å². The van der Waals surface area contributed by atoms with Gasteiger partial charge in [-0.1, -0.05) is 6.42 Å². The third-order valence-corrected chi connectivity index (χ3v) is 2.97. The molecule has 5 nitrogen and oxygen atoms in total. The second-order valence-electron chi connectivity index (χ2n) is 4.20. The fourth-order valence-corrected chi connectivity index (χ4v) is 2.03. The van der Waals surface area contributed by atoms with Gasteiger partial charge < -0.3 is 11.1 Å². The molecule has 84 valence electrons. The number of piperidine rings is 1. The molecule has 1 aromatic rings. The molecule has 1 aliphatic heterocycles. The summed E-state index contributed by atoms with van der Waals surface area (Å²) in [6.07, 6.45) is 5.97. The van der Waals surface area contributed by atoms with Gasteiger partial charge >= 0.3 is 0 Å². The van der Waals surface area contributed by atoms with Gasteiger partial charge in [-0.3, -0.25) is 0 Å². The maximum Gasteiger partial charge on any atom is 0.218 e. The Hall–Kier alpha value is -1.10. The number of nitrogen functional groups attached to an aromatic ring is 1. The Balaban J connectivity index is 1.81. The molecule has 1 unspecified atom stereocenters. The van der Waals surface area contributed by atoms with Crippen LogP contribution in [0.5, 0.6) is 0 Å². The molecule has 5 heteroatoms. The number of hydrogen-bond acceptors (Lipinski definition) is 4. The molecule has 1 atom stereocenters. The maximum atomic E-state index is 5.62. The predicted molar refractivity (Wildman–Crippen MR) is 59.4 cm³/mol. The van der Waals surface area contributed by atoms with Gasteiger partial charge in [0.1, 0.15) is 0 Å². The van der Waals surface area contributed by atoms with Crippen molar-refractivity contribution in [3.05, 3.63) is 5.82 Å². The van der Waals surface area contributed by atoms with Gasteiger partial charge in [0.25, 0.3) is 0 Å². The first-order chi connectivity index (χ1) is 7.25. The predicted octanol–water partition coefficient (Wildman–Crippen LogP) is 0.472. The van der Waals surface area contributed by atoms with Gasteiger partial charge in [0, 0.05) is 19.5 Å². The molecular formula is C10H19N5. The second kappa shape index (κ2) is 4.61. The number of rotatable bonds is 3. The van der Waals surface area contributed by atoms with E-state index in [4.69, 9.17) is 5.73 Å². The zero-order valence-electron chi connectivity index (χ0n) is 9.24. The normalized spacial score (nSPS) is 21.8. The highest BCUT2D eigenvalue weighted by Crippen LogP contribution is 2.12. The van der Waals surface area contributed by atoms with Crippen molar-refractivity contribution in [2.45, 2.75) is 38.1 Å². The lowest BCUT2D eigenvalue weighted by Gasteiger charge is -2.22. The summed E-state index contributed by atoms with van der Waals surface area (Å²) < 4.78 is 1.63. The molecule has 0 saturated carbocycles. The highest BCUT2D eigenvalue weighted by molar-refractivity contribution is 5.15. The van der Waals surface area contributed by atoms with Crippen molar-refractivity contribution in [1.82, 2.24) is 20.1 Å². The van der Waals surface area contributed by atoms with Gasteiger partial charge in [0.05, 0.1) is 0 Å². The van der Waals surface area contributed by atoms with Gasteiger partial charge in [-0.25, -0.2) is 4.68 Å². The molecule has 2 heterocycles. The van der Waals surface area contributed by atoms with E-state index in [1.807, 2.05) is 7.05 Å². The summed E-state index contributed by atoms with van der Waals surface area (Å²) in [5, 5.41) is 7.76. The summed E-state index contributed by atoms with van der Waals surface area (Å²) in [6.45, 7) is 1.16. The summed E-state index contributed by atoms with van der Waals surface area (Å²) in [7, 11) is 1.82. The molecule has 0 amide bonds. The van der Waals surface area contributed by atoms with Crippen LogP contribution in [0, 0.1) is 0 Å². The maximum absolute atomic E-state index is 5.62. The van der Waals surface area contributed by atoms with Crippen LogP contribution in [0.3, 0.4) is 0 Å². The monoisotopic (exact) mass is 209 g/mol. The zero-order chi connectivity index (χ0) is 10.7. The first-order valence-electron chi connectivity index (χ1n) is 5.64. The summed E-state index contributed by atoms with van der Waals surface area (Å²) in [5.41, 5.74) is 5.62. The number of nitrogens with zero attached hydrogens (tertiary/aromatic N) is 3. The smallest absolute Gasteiger partial charge is 0.218 e. The fraction of sp³-hybridized carbons (Fsp3) is 0.800. The van der Waals surface area contributed by atoms with Crippen LogP contribution in [0.25, 0.3) is 0 Å². The number of hydrogen-bond donors (Lipinski definition) is 2. The Morgan fingerprint density at radius 1 is 1.53 bits per heavy atom. The van der Waals surface area contributed by atoms with E-state index >= 15 is 0 Å². The SMILES string of the molecule is Cn1nc(CCC2CCCCN2)nc1N. The van der Waals surface area contributed by atoms with Gasteiger partial charge in [-0.2, -0.15) is 10.1 Å². The van der Waals surface area contributed by atoms with Crippen molar-refractivity contribution in [2.24, 2.45) is 7.05 Å². The van der Waals surface area contributed by atoms with Gasteiger partial charge in [0.2, 0.25) is 5.95 Å². The summed E-state index contributed by atoms with van der Waals surface area (Å²) >= 11 is 0. The van der Waals surface area contributed by atoms with Crippen LogP contribution in [0.4, 0.5) is 5.95 Å². The Morgan fingerprint density at radius 2 is 2.40 bits per heavy atom. The molecule has 1 fully saturated rings. The topological polar surface area (TPSA) is 68.8 Å². The van der Waals surface area contributed by atoms with Crippen molar-refractivity contribution in [1.29, 1.82) is 0 Å². The van der Waals surface area contributed by atoms with Crippen LogP contribution in [-0.4, -0.2) is 27.4 Å². The van der Waals surface area contributed by atoms with E-state index in [-0.39, 0.29) is 0 Å². The van der Waals surface area contributed by atoms with E-state index in [1.165, 1.54) is 19.3 Å². The average Bonchev–Trinajstić information content (AvgIpc) is 2.57. The van der Waals surface area contributed by atoms with Crippen molar-refractivity contribution in [3.8, 4) is 0 Å². The average molecular weight is 209 g/mol. The van der Waals surface area contributed by atoms with Crippen LogP contribution in [0.1, 0.15) is 31.5 Å². The number of nitrogens with two attached hydrogens (primary N) is 1.